The van der Waals surface area contributed by atoms with Gasteiger partial charge >= 0.3 is 5.97 Å². The van der Waals surface area contributed by atoms with E-state index in [1.54, 1.807) is 36.4 Å². The minimum atomic E-state index is -0.459. The lowest BCUT2D eigenvalue weighted by Crippen LogP contribution is -2.16. The van der Waals surface area contributed by atoms with Crippen molar-refractivity contribution in [3.63, 3.8) is 0 Å². The van der Waals surface area contributed by atoms with Crippen LogP contribution in [-0.2, 0) is 4.74 Å². The lowest BCUT2D eigenvalue weighted by atomic mass is 10.1. The molecule has 2 aromatic rings. The van der Waals surface area contributed by atoms with E-state index in [4.69, 9.17) is 9.15 Å². The second-order valence-electron chi connectivity index (χ2n) is 4.97. The monoisotopic (exact) mass is 287 g/mol. The molecule has 0 atom stereocenters. The molecule has 1 N–H and O–H groups in total. The van der Waals surface area contributed by atoms with Crippen molar-refractivity contribution in [1.82, 2.24) is 0 Å². The van der Waals surface area contributed by atoms with Crippen molar-refractivity contribution in [3.8, 4) is 0 Å². The van der Waals surface area contributed by atoms with Crippen LogP contribution in [0.5, 0.6) is 0 Å². The van der Waals surface area contributed by atoms with E-state index in [-0.39, 0.29) is 11.7 Å². The number of para-hydroxylation sites is 1. The summed E-state index contributed by atoms with van der Waals surface area (Å²) in [6, 6.07) is 9.88. The highest BCUT2D eigenvalue weighted by Gasteiger charge is 2.16. The molecule has 110 valence electrons. The molecule has 2 rings (SSSR count). The van der Waals surface area contributed by atoms with Gasteiger partial charge in [0.25, 0.3) is 5.91 Å². The lowest BCUT2D eigenvalue weighted by Gasteiger charge is -2.11. The van der Waals surface area contributed by atoms with Gasteiger partial charge in [-0.05, 0) is 30.2 Å². The number of benzene rings is 1. The Morgan fingerprint density at radius 1 is 1.19 bits per heavy atom. The summed E-state index contributed by atoms with van der Waals surface area (Å²) in [6.07, 6.45) is 1.41. The fourth-order valence-electron chi connectivity index (χ4n) is 1.68. The van der Waals surface area contributed by atoms with Crippen LogP contribution < -0.4 is 5.32 Å². The van der Waals surface area contributed by atoms with Crippen LogP contribution in [-0.4, -0.2) is 18.5 Å². The van der Waals surface area contributed by atoms with Gasteiger partial charge in [-0.3, -0.25) is 4.79 Å². The highest BCUT2D eigenvalue weighted by molar-refractivity contribution is 6.06. The average Bonchev–Trinajstić information content (AvgIpc) is 2.99. The molecule has 21 heavy (non-hydrogen) atoms. The Balaban J connectivity index is 2.13. The maximum Gasteiger partial charge on any atom is 0.340 e. The molecule has 0 aliphatic rings. The molecule has 0 spiro atoms. The molecular weight excluding hydrogens is 270 g/mol. The van der Waals surface area contributed by atoms with Gasteiger partial charge in [-0.2, -0.15) is 0 Å². The fourth-order valence-corrected chi connectivity index (χ4v) is 1.68. The van der Waals surface area contributed by atoms with Crippen molar-refractivity contribution in [2.45, 2.75) is 13.8 Å². The maximum atomic E-state index is 12.0. The summed E-state index contributed by atoms with van der Waals surface area (Å²) in [5.74, 6) is -0.442. The molecule has 5 nitrogen and oxygen atoms in total. The Bertz CT molecular complexity index is 617. The number of anilines is 1. The van der Waals surface area contributed by atoms with Gasteiger partial charge in [0.05, 0.1) is 24.1 Å². The molecule has 0 bridgehead atoms. The minimum absolute atomic E-state index is 0.181. The van der Waals surface area contributed by atoms with Crippen molar-refractivity contribution in [3.05, 3.63) is 54.0 Å². The molecule has 0 radical (unpaired) electrons. The second kappa shape index (κ2) is 6.74. The Hall–Kier alpha value is -2.56. The topological polar surface area (TPSA) is 68.5 Å². The normalized spacial score (nSPS) is 10.4. The zero-order chi connectivity index (χ0) is 15.2. The van der Waals surface area contributed by atoms with Crippen molar-refractivity contribution >= 4 is 17.6 Å². The molecule has 5 heteroatoms. The first-order chi connectivity index (χ1) is 10.1. The first-order valence-electron chi connectivity index (χ1n) is 6.69. The smallest absolute Gasteiger partial charge is 0.340 e. The molecule has 1 aromatic carbocycles. The van der Waals surface area contributed by atoms with Crippen molar-refractivity contribution in [2.75, 3.05) is 11.9 Å². The van der Waals surface area contributed by atoms with Gasteiger partial charge in [-0.1, -0.05) is 26.0 Å². The number of hydrogen-bond acceptors (Lipinski definition) is 4. The summed E-state index contributed by atoms with van der Waals surface area (Å²) in [6.45, 7) is 4.25. The quantitative estimate of drug-likeness (QED) is 0.856. The van der Waals surface area contributed by atoms with Crippen molar-refractivity contribution < 1.29 is 18.7 Å². The van der Waals surface area contributed by atoms with Gasteiger partial charge in [0.15, 0.2) is 5.76 Å². The highest BCUT2D eigenvalue weighted by atomic mass is 16.5. The predicted molar refractivity (Wildman–Crippen MR) is 78.2 cm³/mol. The van der Waals surface area contributed by atoms with Crippen LogP contribution in [0.25, 0.3) is 0 Å². The summed E-state index contributed by atoms with van der Waals surface area (Å²) < 4.78 is 10.2. The summed E-state index contributed by atoms with van der Waals surface area (Å²) in [5.41, 5.74) is 0.714. The first-order valence-corrected chi connectivity index (χ1v) is 6.69. The van der Waals surface area contributed by atoms with Crippen LogP contribution >= 0.6 is 0 Å². The molecule has 1 heterocycles. The van der Waals surface area contributed by atoms with E-state index in [1.165, 1.54) is 6.26 Å². The minimum Gasteiger partial charge on any atom is -0.462 e. The third-order valence-corrected chi connectivity index (χ3v) is 2.69. The number of amides is 1. The van der Waals surface area contributed by atoms with Crippen LogP contribution in [0, 0.1) is 5.92 Å². The molecular formula is C16H17NO4. The zero-order valence-corrected chi connectivity index (χ0v) is 12.0. The second-order valence-corrected chi connectivity index (χ2v) is 4.97. The molecule has 0 aliphatic heterocycles. The average molecular weight is 287 g/mol. The maximum absolute atomic E-state index is 12.0. The molecule has 0 unspecified atom stereocenters. The van der Waals surface area contributed by atoms with E-state index in [9.17, 15) is 9.59 Å². The van der Waals surface area contributed by atoms with E-state index in [0.717, 1.165) is 0 Å². The third-order valence-electron chi connectivity index (χ3n) is 2.69. The SMILES string of the molecule is CC(C)COC(=O)c1ccccc1NC(=O)c1ccco1. The van der Waals surface area contributed by atoms with E-state index in [0.29, 0.717) is 17.9 Å². The molecule has 0 saturated heterocycles. The number of esters is 1. The van der Waals surface area contributed by atoms with Crippen LogP contribution in [0.2, 0.25) is 0 Å². The van der Waals surface area contributed by atoms with Gasteiger partial charge in [0.2, 0.25) is 0 Å². The highest BCUT2D eigenvalue weighted by Crippen LogP contribution is 2.18. The number of carbonyl (C=O) groups is 2. The number of rotatable bonds is 5. The lowest BCUT2D eigenvalue weighted by molar-refractivity contribution is 0.0460. The molecule has 1 amide bonds. The van der Waals surface area contributed by atoms with Gasteiger partial charge < -0.3 is 14.5 Å². The fraction of sp³-hybridized carbons (Fsp3) is 0.250. The number of ether oxygens (including phenoxy) is 1. The van der Waals surface area contributed by atoms with Gasteiger partial charge in [-0.25, -0.2) is 4.79 Å². The summed E-state index contributed by atoms with van der Waals surface area (Å²) in [4.78, 5) is 24.0. The van der Waals surface area contributed by atoms with Crippen LogP contribution in [0.1, 0.15) is 34.8 Å². The first kappa shape index (κ1) is 14.8. The standard InChI is InChI=1S/C16H17NO4/c1-11(2)10-21-16(19)12-6-3-4-7-13(12)17-15(18)14-8-5-9-20-14/h3-9,11H,10H2,1-2H3,(H,17,18). The van der Waals surface area contributed by atoms with Crippen molar-refractivity contribution in [1.29, 1.82) is 0 Å². The van der Waals surface area contributed by atoms with E-state index in [2.05, 4.69) is 5.32 Å². The summed E-state index contributed by atoms with van der Waals surface area (Å²) in [5, 5.41) is 2.65. The summed E-state index contributed by atoms with van der Waals surface area (Å²) >= 11 is 0. The number of carbonyl (C=O) groups excluding carboxylic acids is 2. The Kier molecular flexibility index (Phi) is 4.77. The Morgan fingerprint density at radius 2 is 1.95 bits per heavy atom. The predicted octanol–water partition coefficient (Wildman–Crippen LogP) is 3.34. The molecule has 0 fully saturated rings. The van der Waals surface area contributed by atoms with Crippen LogP contribution in [0.4, 0.5) is 5.69 Å². The summed E-state index contributed by atoms with van der Waals surface area (Å²) in [7, 11) is 0. The van der Waals surface area contributed by atoms with Gasteiger partial charge in [0.1, 0.15) is 0 Å². The third kappa shape index (κ3) is 3.95. The van der Waals surface area contributed by atoms with Gasteiger partial charge in [-0.15, -0.1) is 0 Å². The number of furan rings is 1. The van der Waals surface area contributed by atoms with E-state index in [1.807, 2.05) is 13.8 Å². The number of hydrogen-bond donors (Lipinski definition) is 1. The van der Waals surface area contributed by atoms with Crippen LogP contribution in [0.3, 0.4) is 0 Å². The van der Waals surface area contributed by atoms with Crippen LogP contribution in [0.15, 0.2) is 47.1 Å². The van der Waals surface area contributed by atoms with E-state index >= 15 is 0 Å². The molecule has 0 aliphatic carbocycles. The largest absolute Gasteiger partial charge is 0.462 e. The van der Waals surface area contributed by atoms with Gasteiger partial charge in [0, 0.05) is 0 Å². The Morgan fingerprint density at radius 3 is 2.62 bits per heavy atom. The van der Waals surface area contributed by atoms with E-state index < -0.39 is 11.9 Å². The number of nitrogens with one attached hydrogen (secondary N) is 1. The zero-order valence-electron chi connectivity index (χ0n) is 12.0. The molecule has 0 saturated carbocycles. The molecule has 1 aromatic heterocycles. The Labute approximate surface area is 122 Å². The van der Waals surface area contributed by atoms with Crippen molar-refractivity contribution in [2.24, 2.45) is 5.92 Å².